The lowest BCUT2D eigenvalue weighted by atomic mass is 10.0. The molecule has 6 nitrogen and oxygen atoms in total. The zero-order chi connectivity index (χ0) is 23.4. The van der Waals surface area contributed by atoms with Gasteiger partial charge >= 0.3 is 5.63 Å². The maximum atomic E-state index is 12.7. The lowest BCUT2D eigenvalue weighted by Gasteiger charge is -2.28. The summed E-state index contributed by atoms with van der Waals surface area (Å²) < 4.78 is 10.8. The number of hydrogen-bond donors (Lipinski definition) is 1. The van der Waals surface area contributed by atoms with Crippen LogP contribution in [0.15, 0.2) is 51.7 Å². The second kappa shape index (κ2) is 10.2. The largest absolute Gasteiger partial charge is 0.497 e. The molecule has 2 aromatic carbocycles. The molecule has 1 aromatic heterocycles. The Morgan fingerprint density at radius 1 is 1.12 bits per heavy atom. The first-order valence-electron chi connectivity index (χ1n) is 11.6. The van der Waals surface area contributed by atoms with Gasteiger partial charge in [-0.3, -0.25) is 9.69 Å². The zero-order valence-corrected chi connectivity index (χ0v) is 19.6. The summed E-state index contributed by atoms with van der Waals surface area (Å²) in [5.74, 6) is 0.762. The quantitative estimate of drug-likeness (QED) is 0.520. The maximum Gasteiger partial charge on any atom is 0.339 e. The molecule has 0 saturated carbocycles. The van der Waals surface area contributed by atoms with Crippen molar-refractivity contribution < 1.29 is 13.9 Å². The lowest BCUT2D eigenvalue weighted by Crippen LogP contribution is -2.37. The van der Waals surface area contributed by atoms with Crippen molar-refractivity contribution in [1.82, 2.24) is 10.2 Å². The van der Waals surface area contributed by atoms with E-state index in [4.69, 9.17) is 9.15 Å². The fourth-order valence-electron chi connectivity index (χ4n) is 4.67. The third-order valence-corrected chi connectivity index (χ3v) is 6.62. The first-order chi connectivity index (χ1) is 16.0. The fourth-order valence-corrected chi connectivity index (χ4v) is 4.67. The van der Waals surface area contributed by atoms with Crippen LogP contribution in [0.3, 0.4) is 0 Å². The number of nitrogens with one attached hydrogen (secondary N) is 1. The minimum absolute atomic E-state index is 0.0597. The van der Waals surface area contributed by atoms with Gasteiger partial charge in [-0.15, -0.1) is 0 Å². The van der Waals surface area contributed by atoms with Crippen LogP contribution < -0.4 is 15.7 Å². The van der Waals surface area contributed by atoms with Crippen LogP contribution in [0.4, 0.5) is 0 Å². The van der Waals surface area contributed by atoms with Gasteiger partial charge in [0.25, 0.3) is 0 Å². The Bertz CT molecular complexity index is 1180. The Morgan fingerprint density at radius 2 is 1.85 bits per heavy atom. The SMILES string of the molecule is COc1ccc([C@H](CNC(=O)CCc2c(C)c3ccc(C)cc3oc2=O)N2CCCC2)cc1. The highest BCUT2D eigenvalue weighted by molar-refractivity contribution is 5.82. The summed E-state index contributed by atoms with van der Waals surface area (Å²) in [5, 5.41) is 4.02. The molecule has 6 heteroatoms. The molecule has 1 atom stereocenters. The van der Waals surface area contributed by atoms with Gasteiger partial charge in [-0.1, -0.05) is 24.3 Å². The molecule has 1 N–H and O–H groups in total. The summed E-state index contributed by atoms with van der Waals surface area (Å²) >= 11 is 0. The lowest BCUT2D eigenvalue weighted by molar-refractivity contribution is -0.121. The van der Waals surface area contributed by atoms with Gasteiger partial charge in [0.05, 0.1) is 13.2 Å². The number of rotatable bonds is 8. The number of carbonyl (C=O) groups excluding carboxylic acids is 1. The molecule has 1 amide bonds. The predicted octanol–water partition coefficient (Wildman–Crippen LogP) is 4.30. The monoisotopic (exact) mass is 448 g/mol. The Kier molecular flexibility index (Phi) is 7.14. The second-order valence-corrected chi connectivity index (χ2v) is 8.83. The molecule has 2 heterocycles. The van der Waals surface area contributed by atoms with E-state index in [2.05, 4.69) is 22.3 Å². The number of nitrogens with zero attached hydrogens (tertiary/aromatic N) is 1. The molecule has 3 aromatic rings. The van der Waals surface area contributed by atoms with Gasteiger partial charge in [0.1, 0.15) is 11.3 Å². The van der Waals surface area contributed by atoms with Gasteiger partial charge in [-0.25, -0.2) is 4.79 Å². The smallest absolute Gasteiger partial charge is 0.339 e. The number of benzene rings is 2. The minimum atomic E-state index is -0.355. The maximum absolute atomic E-state index is 12.7. The molecule has 1 fully saturated rings. The van der Waals surface area contributed by atoms with Crippen molar-refractivity contribution in [3.63, 3.8) is 0 Å². The molecule has 0 bridgehead atoms. The first-order valence-corrected chi connectivity index (χ1v) is 11.6. The van der Waals surface area contributed by atoms with E-state index in [1.54, 1.807) is 7.11 Å². The minimum Gasteiger partial charge on any atom is -0.497 e. The van der Waals surface area contributed by atoms with Crippen LogP contribution in [-0.2, 0) is 11.2 Å². The van der Waals surface area contributed by atoms with Crippen molar-refractivity contribution >= 4 is 16.9 Å². The summed E-state index contributed by atoms with van der Waals surface area (Å²) in [6, 6.07) is 14.0. The number of carbonyl (C=O) groups is 1. The van der Waals surface area contributed by atoms with Crippen molar-refractivity contribution in [1.29, 1.82) is 0 Å². The molecule has 0 aliphatic carbocycles. The first kappa shape index (κ1) is 23.1. The number of ether oxygens (including phenoxy) is 1. The van der Waals surface area contributed by atoms with E-state index in [0.29, 0.717) is 24.1 Å². The van der Waals surface area contributed by atoms with Crippen LogP contribution in [-0.4, -0.2) is 37.6 Å². The van der Waals surface area contributed by atoms with Gasteiger partial charge in [0.15, 0.2) is 0 Å². The van der Waals surface area contributed by atoms with E-state index in [0.717, 1.165) is 35.4 Å². The number of hydrogen-bond acceptors (Lipinski definition) is 5. The molecule has 0 unspecified atom stereocenters. The highest BCUT2D eigenvalue weighted by Gasteiger charge is 2.24. The van der Waals surface area contributed by atoms with Crippen LogP contribution in [0.2, 0.25) is 0 Å². The molecule has 0 radical (unpaired) electrons. The van der Waals surface area contributed by atoms with Gasteiger partial charge in [0, 0.05) is 23.9 Å². The average molecular weight is 449 g/mol. The normalized spacial score (nSPS) is 15.0. The Balaban J connectivity index is 1.42. The van der Waals surface area contributed by atoms with Crippen LogP contribution in [0, 0.1) is 13.8 Å². The molecule has 0 spiro atoms. The number of aryl methyl sites for hydroxylation is 2. The van der Waals surface area contributed by atoms with Crippen molar-refractivity contribution in [2.24, 2.45) is 0 Å². The van der Waals surface area contributed by atoms with Crippen LogP contribution in [0.25, 0.3) is 11.0 Å². The number of likely N-dealkylation sites (tertiary alicyclic amines) is 1. The van der Waals surface area contributed by atoms with Crippen molar-refractivity contribution in [3.05, 3.63) is 75.1 Å². The van der Waals surface area contributed by atoms with E-state index in [1.165, 1.54) is 18.4 Å². The van der Waals surface area contributed by atoms with Crippen molar-refractivity contribution in [2.45, 2.75) is 45.6 Å². The fraction of sp³-hybridized carbons (Fsp3) is 0.407. The summed E-state index contributed by atoms with van der Waals surface area (Å²) in [7, 11) is 1.66. The van der Waals surface area contributed by atoms with Gasteiger partial charge < -0.3 is 14.5 Å². The highest BCUT2D eigenvalue weighted by Crippen LogP contribution is 2.26. The standard InChI is InChI=1S/C27H32N2O4/c1-18-6-11-22-19(2)23(27(31)33-25(22)16-18)12-13-26(30)28-17-24(29-14-4-5-15-29)20-7-9-21(32-3)10-8-20/h6-11,16,24H,4-5,12-15,17H2,1-3H3,(H,28,30)/t24-/m0/s1. The van der Waals surface area contributed by atoms with Crippen molar-refractivity contribution in [2.75, 3.05) is 26.7 Å². The van der Waals surface area contributed by atoms with E-state index in [9.17, 15) is 9.59 Å². The number of methoxy groups -OCH3 is 1. The topological polar surface area (TPSA) is 71.8 Å². The molecule has 1 saturated heterocycles. The molecule has 1 aliphatic heterocycles. The van der Waals surface area contributed by atoms with Gasteiger partial charge in [-0.05, 0) is 81.1 Å². The zero-order valence-electron chi connectivity index (χ0n) is 19.6. The predicted molar refractivity (Wildman–Crippen MR) is 130 cm³/mol. The molecule has 1 aliphatic rings. The third kappa shape index (κ3) is 5.28. The van der Waals surface area contributed by atoms with Gasteiger partial charge in [-0.2, -0.15) is 0 Å². The Labute approximate surface area is 194 Å². The van der Waals surface area contributed by atoms with E-state index in [1.807, 2.05) is 44.2 Å². The van der Waals surface area contributed by atoms with Crippen LogP contribution in [0.1, 0.15) is 47.6 Å². The summed E-state index contributed by atoms with van der Waals surface area (Å²) in [6.07, 6.45) is 2.97. The summed E-state index contributed by atoms with van der Waals surface area (Å²) in [6.45, 7) is 6.49. The van der Waals surface area contributed by atoms with Crippen LogP contribution in [0.5, 0.6) is 5.75 Å². The Hall–Kier alpha value is -3.12. The molecular formula is C27H32N2O4. The van der Waals surface area contributed by atoms with Crippen LogP contribution >= 0.6 is 0 Å². The number of fused-ring (bicyclic) bond motifs is 1. The van der Waals surface area contributed by atoms with Gasteiger partial charge in [0.2, 0.25) is 5.91 Å². The molecule has 4 rings (SSSR count). The van der Waals surface area contributed by atoms with E-state index < -0.39 is 0 Å². The van der Waals surface area contributed by atoms with Crippen molar-refractivity contribution in [3.8, 4) is 5.75 Å². The highest BCUT2D eigenvalue weighted by atomic mass is 16.5. The third-order valence-electron chi connectivity index (χ3n) is 6.62. The summed E-state index contributed by atoms with van der Waals surface area (Å²) in [4.78, 5) is 27.7. The summed E-state index contributed by atoms with van der Waals surface area (Å²) in [5.41, 5.74) is 3.92. The molecule has 33 heavy (non-hydrogen) atoms. The molecular weight excluding hydrogens is 416 g/mol. The number of amides is 1. The Morgan fingerprint density at radius 3 is 2.55 bits per heavy atom. The second-order valence-electron chi connectivity index (χ2n) is 8.83. The molecule has 174 valence electrons. The average Bonchev–Trinajstić information content (AvgIpc) is 3.34. The van der Waals surface area contributed by atoms with E-state index in [-0.39, 0.29) is 24.0 Å². The van der Waals surface area contributed by atoms with E-state index >= 15 is 0 Å².